The van der Waals surface area contributed by atoms with Gasteiger partial charge in [-0.2, -0.15) is 4.98 Å². The smallest absolute Gasteiger partial charge is 0.337 e. The number of carboxylic acid groups (broad SMARTS) is 1. The van der Waals surface area contributed by atoms with Gasteiger partial charge in [-0.05, 0) is 31.2 Å². The van der Waals surface area contributed by atoms with Crippen LogP contribution in [-0.4, -0.2) is 21.0 Å². The summed E-state index contributed by atoms with van der Waals surface area (Å²) in [5, 5.41) is 15.4. The first-order valence-electron chi connectivity index (χ1n) is 7.33. The quantitative estimate of drug-likeness (QED) is 0.638. The molecule has 0 unspecified atom stereocenters. The Morgan fingerprint density at radius 2 is 2.04 bits per heavy atom. The number of carboxylic acids is 1. The highest BCUT2D eigenvalue weighted by atomic mass is 16.4. The lowest BCUT2D eigenvalue weighted by molar-refractivity contribution is 0.0698. The van der Waals surface area contributed by atoms with Gasteiger partial charge < -0.3 is 20.2 Å². The molecule has 3 rings (SSSR count). The minimum Gasteiger partial charge on any atom is -0.478 e. The summed E-state index contributed by atoms with van der Waals surface area (Å²) in [7, 11) is 0. The molecule has 0 spiro atoms. The van der Waals surface area contributed by atoms with E-state index in [-0.39, 0.29) is 5.56 Å². The van der Waals surface area contributed by atoms with Crippen LogP contribution in [0.1, 0.15) is 21.8 Å². The fourth-order valence-electron chi connectivity index (χ4n) is 2.21. The van der Waals surface area contributed by atoms with Crippen LogP contribution >= 0.6 is 0 Å². The van der Waals surface area contributed by atoms with Crippen LogP contribution in [0.5, 0.6) is 0 Å². The number of rotatable bonds is 6. The average Bonchev–Trinajstić information content (AvgIpc) is 3.06. The third-order valence-corrected chi connectivity index (χ3v) is 3.28. The van der Waals surface area contributed by atoms with Gasteiger partial charge in [0.15, 0.2) is 0 Å². The number of aromatic carboxylic acids is 1. The highest BCUT2D eigenvalue weighted by Crippen LogP contribution is 2.21. The van der Waals surface area contributed by atoms with Crippen LogP contribution in [0, 0.1) is 6.92 Å². The van der Waals surface area contributed by atoms with E-state index in [2.05, 4.69) is 20.6 Å². The highest BCUT2D eigenvalue weighted by molar-refractivity contribution is 5.95. The number of nitrogens with one attached hydrogen (secondary N) is 2. The zero-order chi connectivity index (χ0) is 16.9. The molecule has 0 bridgehead atoms. The Kier molecular flexibility index (Phi) is 4.42. The molecular formula is C17H16N4O3. The molecule has 122 valence electrons. The predicted molar refractivity (Wildman–Crippen MR) is 89.5 cm³/mol. The summed E-state index contributed by atoms with van der Waals surface area (Å²) >= 11 is 0. The van der Waals surface area contributed by atoms with Gasteiger partial charge in [0, 0.05) is 11.8 Å². The molecule has 0 saturated carbocycles. The van der Waals surface area contributed by atoms with Gasteiger partial charge in [0.1, 0.15) is 11.6 Å². The van der Waals surface area contributed by atoms with Gasteiger partial charge in [0.25, 0.3) is 0 Å². The van der Waals surface area contributed by atoms with E-state index in [1.165, 1.54) is 6.07 Å². The summed E-state index contributed by atoms with van der Waals surface area (Å²) in [6, 6.07) is 12.1. The number of hydrogen-bond donors (Lipinski definition) is 3. The van der Waals surface area contributed by atoms with Gasteiger partial charge >= 0.3 is 5.97 Å². The second kappa shape index (κ2) is 6.82. The molecule has 0 radical (unpaired) electrons. The lowest BCUT2D eigenvalue weighted by Crippen LogP contribution is -2.07. The molecule has 0 aliphatic rings. The topological polar surface area (TPSA) is 100 Å². The number of para-hydroxylation sites is 1. The summed E-state index contributed by atoms with van der Waals surface area (Å²) in [4.78, 5) is 20.0. The molecular weight excluding hydrogens is 308 g/mol. The number of anilines is 3. The zero-order valence-corrected chi connectivity index (χ0v) is 13.0. The molecule has 0 saturated heterocycles. The third-order valence-electron chi connectivity index (χ3n) is 3.28. The van der Waals surface area contributed by atoms with E-state index in [1.807, 2.05) is 19.1 Å². The molecule has 7 nitrogen and oxygen atoms in total. The standard InChI is InChI=1S/C17H16N4O3/c1-11-9-15(20-14-7-3-2-6-13(14)16(22)23)21-17(19-11)18-10-12-5-4-8-24-12/h2-9H,10H2,1H3,(H,22,23)(H2,18,19,20,21). The van der Waals surface area contributed by atoms with Crippen LogP contribution < -0.4 is 10.6 Å². The predicted octanol–water partition coefficient (Wildman–Crippen LogP) is 3.43. The van der Waals surface area contributed by atoms with Crippen molar-refractivity contribution in [2.24, 2.45) is 0 Å². The Bertz CT molecular complexity index is 847. The highest BCUT2D eigenvalue weighted by Gasteiger charge is 2.10. The van der Waals surface area contributed by atoms with Gasteiger partial charge in [-0.15, -0.1) is 0 Å². The zero-order valence-electron chi connectivity index (χ0n) is 13.0. The van der Waals surface area contributed by atoms with Crippen molar-refractivity contribution in [2.75, 3.05) is 10.6 Å². The van der Waals surface area contributed by atoms with E-state index < -0.39 is 5.97 Å². The molecule has 0 aliphatic heterocycles. The molecule has 7 heteroatoms. The van der Waals surface area contributed by atoms with Crippen LogP contribution in [0.3, 0.4) is 0 Å². The first kappa shape index (κ1) is 15.5. The molecule has 24 heavy (non-hydrogen) atoms. The number of aromatic nitrogens is 2. The molecule has 3 aromatic rings. The number of benzene rings is 1. The van der Waals surface area contributed by atoms with Crippen molar-refractivity contribution >= 4 is 23.4 Å². The van der Waals surface area contributed by atoms with Crippen LogP contribution in [0.25, 0.3) is 0 Å². The molecule has 0 aliphatic carbocycles. The monoisotopic (exact) mass is 324 g/mol. The minimum atomic E-state index is -1.000. The third kappa shape index (κ3) is 3.70. The van der Waals surface area contributed by atoms with Gasteiger partial charge in [0.05, 0.1) is 24.1 Å². The largest absolute Gasteiger partial charge is 0.478 e. The maximum absolute atomic E-state index is 11.3. The van der Waals surface area contributed by atoms with Crippen LogP contribution in [0.2, 0.25) is 0 Å². The Morgan fingerprint density at radius 1 is 1.21 bits per heavy atom. The summed E-state index contributed by atoms with van der Waals surface area (Å²) in [6.07, 6.45) is 1.60. The van der Waals surface area contributed by atoms with E-state index in [0.717, 1.165) is 11.5 Å². The van der Waals surface area contributed by atoms with Crippen molar-refractivity contribution in [2.45, 2.75) is 13.5 Å². The summed E-state index contributed by atoms with van der Waals surface area (Å²) in [5.74, 6) is 0.714. The van der Waals surface area contributed by atoms with E-state index in [9.17, 15) is 9.90 Å². The van der Waals surface area contributed by atoms with Crippen molar-refractivity contribution in [1.82, 2.24) is 9.97 Å². The Balaban J connectivity index is 1.80. The van der Waals surface area contributed by atoms with Crippen molar-refractivity contribution in [3.05, 3.63) is 65.7 Å². The maximum Gasteiger partial charge on any atom is 0.337 e. The fraction of sp³-hybridized carbons (Fsp3) is 0.118. The fourth-order valence-corrected chi connectivity index (χ4v) is 2.21. The second-order valence-corrected chi connectivity index (χ2v) is 5.13. The first-order valence-corrected chi connectivity index (χ1v) is 7.33. The normalized spacial score (nSPS) is 10.4. The summed E-state index contributed by atoms with van der Waals surface area (Å²) < 4.78 is 5.25. The number of aryl methyl sites for hydroxylation is 1. The summed E-state index contributed by atoms with van der Waals surface area (Å²) in [5.41, 5.74) is 1.40. The molecule has 0 amide bonds. The van der Waals surface area contributed by atoms with E-state index >= 15 is 0 Å². The van der Waals surface area contributed by atoms with Crippen molar-refractivity contribution in [3.63, 3.8) is 0 Å². The second-order valence-electron chi connectivity index (χ2n) is 5.13. The van der Waals surface area contributed by atoms with Gasteiger partial charge in [-0.3, -0.25) is 0 Å². The number of furan rings is 1. The van der Waals surface area contributed by atoms with Crippen LogP contribution in [-0.2, 0) is 6.54 Å². The van der Waals surface area contributed by atoms with Crippen molar-refractivity contribution < 1.29 is 14.3 Å². The molecule has 0 fully saturated rings. The van der Waals surface area contributed by atoms with Gasteiger partial charge in [-0.1, -0.05) is 12.1 Å². The van der Waals surface area contributed by atoms with Crippen molar-refractivity contribution in [1.29, 1.82) is 0 Å². The maximum atomic E-state index is 11.3. The SMILES string of the molecule is Cc1cc(Nc2ccccc2C(=O)O)nc(NCc2ccco2)n1. The Morgan fingerprint density at radius 3 is 2.79 bits per heavy atom. The number of nitrogens with zero attached hydrogens (tertiary/aromatic N) is 2. The molecule has 1 aromatic carbocycles. The Labute approximate surface area is 138 Å². The molecule has 2 aromatic heterocycles. The first-order chi connectivity index (χ1) is 11.6. The average molecular weight is 324 g/mol. The van der Waals surface area contributed by atoms with Crippen LogP contribution in [0.15, 0.2) is 53.1 Å². The lowest BCUT2D eigenvalue weighted by atomic mass is 10.2. The van der Waals surface area contributed by atoms with Gasteiger partial charge in [0.2, 0.25) is 5.95 Å². The van der Waals surface area contributed by atoms with Crippen molar-refractivity contribution in [3.8, 4) is 0 Å². The number of hydrogen-bond acceptors (Lipinski definition) is 6. The minimum absolute atomic E-state index is 0.180. The molecule has 2 heterocycles. The van der Waals surface area contributed by atoms with Crippen LogP contribution in [0.4, 0.5) is 17.5 Å². The van der Waals surface area contributed by atoms with E-state index in [4.69, 9.17) is 4.42 Å². The summed E-state index contributed by atoms with van der Waals surface area (Å²) in [6.45, 7) is 2.30. The number of carbonyl (C=O) groups is 1. The Hall–Kier alpha value is -3.35. The van der Waals surface area contributed by atoms with Gasteiger partial charge in [-0.25, -0.2) is 9.78 Å². The van der Waals surface area contributed by atoms with E-state index in [0.29, 0.717) is 24.0 Å². The lowest BCUT2D eigenvalue weighted by Gasteiger charge is -2.11. The molecule has 3 N–H and O–H groups in total. The van der Waals surface area contributed by atoms with E-state index in [1.54, 1.807) is 30.5 Å². The molecule has 0 atom stereocenters.